The van der Waals surface area contributed by atoms with Gasteiger partial charge in [0.1, 0.15) is 0 Å². The van der Waals surface area contributed by atoms with Crippen LogP contribution < -0.4 is 11.1 Å². The molecule has 0 unspecified atom stereocenters. The van der Waals surface area contributed by atoms with Gasteiger partial charge in [0.2, 0.25) is 0 Å². The van der Waals surface area contributed by atoms with Crippen LogP contribution in [0.2, 0.25) is 5.02 Å². The number of hydrogen-bond acceptors (Lipinski definition) is 3. The minimum atomic E-state index is -1.02. The van der Waals surface area contributed by atoms with Crippen LogP contribution in [0.25, 0.3) is 0 Å². The predicted molar refractivity (Wildman–Crippen MR) is 77.3 cm³/mol. The molecule has 0 aliphatic carbocycles. The van der Waals surface area contributed by atoms with E-state index in [1.165, 1.54) is 6.07 Å². The van der Waals surface area contributed by atoms with E-state index in [-0.39, 0.29) is 5.56 Å². The molecule has 0 saturated carbocycles. The first kappa shape index (κ1) is 13.2. The van der Waals surface area contributed by atoms with Gasteiger partial charge in [0.25, 0.3) is 0 Å². The molecule has 2 aromatic rings. The summed E-state index contributed by atoms with van der Waals surface area (Å²) in [6.45, 7) is 1.93. The van der Waals surface area contributed by atoms with Crippen LogP contribution in [-0.4, -0.2) is 11.1 Å². The van der Waals surface area contributed by atoms with Gasteiger partial charge in [-0.3, -0.25) is 0 Å². The van der Waals surface area contributed by atoms with E-state index in [1.54, 1.807) is 24.3 Å². The van der Waals surface area contributed by atoms with Crippen LogP contribution >= 0.6 is 11.6 Å². The number of anilines is 3. The Kier molecular flexibility index (Phi) is 3.62. The summed E-state index contributed by atoms with van der Waals surface area (Å²) in [7, 11) is 0. The van der Waals surface area contributed by atoms with Crippen molar-refractivity contribution < 1.29 is 9.90 Å². The lowest BCUT2D eigenvalue weighted by Crippen LogP contribution is -2.04. The number of aromatic carboxylic acids is 1. The van der Waals surface area contributed by atoms with Crippen molar-refractivity contribution in [3.8, 4) is 0 Å². The molecule has 0 spiro atoms. The third-order valence-electron chi connectivity index (χ3n) is 2.67. The smallest absolute Gasteiger partial charge is 0.337 e. The summed E-state index contributed by atoms with van der Waals surface area (Å²) in [4.78, 5) is 11.1. The molecule has 19 heavy (non-hydrogen) atoms. The molecular formula is C14H13ClN2O2. The van der Waals surface area contributed by atoms with E-state index >= 15 is 0 Å². The maximum atomic E-state index is 11.1. The zero-order valence-electron chi connectivity index (χ0n) is 10.3. The first-order valence-electron chi connectivity index (χ1n) is 5.63. The molecule has 2 rings (SSSR count). The average molecular weight is 277 g/mol. The third kappa shape index (κ3) is 2.98. The van der Waals surface area contributed by atoms with E-state index < -0.39 is 5.97 Å². The van der Waals surface area contributed by atoms with E-state index in [9.17, 15) is 4.79 Å². The second-order valence-electron chi connectivity index (χ2n) is 4.22. The van der Waals surface area contributed by atoms with E-state index in [1.807, 2.05) is 13.0 Å². The van der Waals surface area contributed by atoms with Crippen LogP contribution in [0.4, 0.5) is 17.1 Å². The normalized spacial score (nSPS) is 10.2. The van der Waals surface area contributed by atoms with E-state index in [0.717, 1.165) is 5.56 Å². The van der Waals surface area contributed by atoms with Crippen LogP contribution in [0.3, 0.4) is 0 Å². The van der Waals surface area contributed by atoms with Crippen molar-refractivity contribution in [2.75, 3.05) is 11.1 Å². The SMILES string of the molecule is Cc1ccc(Nc2cc(N)ccc2C(=O)O)c(Cl)c1. The highest BCUT2D eigenvalue weighted by Crippen LogP contribution is 2.29. The topological polar surface area (TPSA) is 75.3 Å². The summed E-state index contributed by atoms with van der Waals surface area (Å²) in [5.41, 5.74) is 8.39. The molecule has 0 aliphatic rings. The standard InChI is InChI=1S/C14H13ClN2O2/c1-8-2-5-12(11(15)6-8)17-13-7-9(16)3-4-10(13)14(18)19/h2-7,17H,16H2,1H3,(H,18,19). The highest BCUT2D eigenvalue weighted by atomic mass is 35.5. The zero-order chi connectivity index (χ0) is 14.0. The number of nitrogens with one attached hydrogen (secondary N) is 1. The number of benzene rings is 2. The Morgan fingerprint density at radius 3 is 2.58 bits per heavy atom. The highest BCUT2D eigenvalue weighted by Gasteiger charge is 2.11. The Morgan fingerprint density at radius 1 is 1.21 bits per heavy atom. The van der Waals surface area contributed by atoms with Crippen LogP contribution in [0.1, 0.15) is 15.9 Å². The molecule has 4 nitrogen and oxygen atoms in total. The van der Waals surface area contributed by atoms with Crippen LogP contribution in [-0.2, 0) is 0 Å². The summed E-state index contributed by atoms with van der Waals surface area (Å²) < 4.78 is 0. The van der Waals surface area contributed by atoms with Gasteiger partial charge in [0.15, 0.2) is 0 Å². The molecular weight excluding hydrogens is 264 g/mol. The Bertz CT molecular complexity index is 641. The fourth-order valence-corrected chi connectivity index (χ4v) is 2.00. The van der Waals surface area contributed by atoms with E-state index in [0.29, 0.717) is 22.1 Å². The maximum absolute atomic E-state index is 11.1. The second-order valence-corrected chi connectivity index (χ2v) is 4.63. The number of halogens is 1. The molecule has 0 amide bonds. The fourth-order valence-electron chi connectivity index (χ4n) is 1.72. The third-order valence-corrected chi connectivity index (χ3v) is 2.98. The van der Waals surface area contributed by atoms with Crippen LogP contribution in [0, 0.1) is 6.92 Å². The molecule has 0 radical (unpaired) electrons. The Hall–Kier alpha value is -2.20. The monoisotopic (exact) mass is 276 g/mol. The number of aryl methyl sites for hydroxylation is 1. The Balaban J connectivity index is 2.42. The molecule has 0 fully saturated rings. The number of hydrogen-bond donors (Lipinski definition) is 3. The lowest BCUT2D eigenvalue weighted by molar-refractivity contribution is 0.0698. The van der Waals surface area contributed by atoms with Gasteiger partial charge in [-0.1, -0.05) is 17.7 Å². The summed E-state index contributed by atoms with van der Waals surface area (Å²) in [5, 5.41) is 12.7. The zero-order valence-corrected chi connectivity index (χ0v) is 11.0. The van der Waals surface area contributed by atoms with E-state index in [4.69, 9.17) is 22.4 Å². The summed E-state index contributed by atoms with van der Waals surface area (Å²) in [5.74, 6) is -1.02. The molecule has 0 atom stereocenters. The van der Waals surface area contributed by atoms with Gasteiger partial charge >= 0.3 is 5.97 Å². The quantitative estimate of drug-likeness (QED) is 0.748. The van der Waals surface area contributed by atoms with Crippen molar-refractivity contribution in [2.24, 2.45) is 0 Å². The first-order chi connectivity index (χ1) is 8.97. The van der Waals surface area contributed by atoms with Gasteiger partial charge in [-0.05, 0) is 42.8 Å². The number of carboxylic acids is 1. The van der Waals surface area contributed by atoms with Crippen molar-refractivity contribution in [3.63, 3.8) is 0 Å². The molecule has 0 aromatic heterocycles. The summed E-state index contributed by atoms with van der Waals surface area (Å²) in [6.07, 6.45) is 0. The van der Waals surface area contributed by atoms with Gasteiger partial charge in [0, 0.05) is 5.69 Å². The van der Waals surface area contributed by atoms with Gasteiger partial charge in [-0.2, -0.15) is 0 Å². The Morgan fingerprint density at radius 2 is 1.95 bits per heavy atom. The largest absolute Gasteiger partial charge is 0.478 e. The second kappa shape index (κ2) is 5.20. The van der Waals surface area contributed by atoms with Crippen molar-refractivity contribution >= 4 is 34.6 Å². The number of nitrogen functional groups attached to an aromatic ring is 1. The lowest BCUT2D eigenvalue weighted by atomic mass is 10.1. The van der Waals surface area contributed by atoms with Crippen molar-refractivity contribution in [1.82, 2.24) is 0 Å². The minimum absolute atomic E-state index is 0.144. The molecule has 2 aromatic carbocycles. The lowest BCUT2D eigenvalue weighted by Gasteiger charge is -2.12. The summed E-state index contributed by atoms with van der Waals surface area (Å²) >= 11 is 6.11. The van der Waals surface area contributed by atoms with Crippen LogP contribution in [0.15, 0.2) is 36.4 Å². The molecule has 0 saturated heterocycles. The number of nitrogens with two attached hydrogens (primary N) is 1. The fraction of sp³-hybridized carbons (Fsp3) is 0.0714. The molecule has 5 heteroatoms. The average Bonchev–Trinajstić information content (AvgIpc) is 2.32. The first-order valence-corrected chi connectivity index (χ1v) is 6.01. The van der Waals surface area contributed by atoms with Gasteiger partial charge in [-0.25, -0.2) is 4.79 Å². The van der Waals surface area contributed by atoms with Crippen molar-refractivity contribution in [2.45, 2.75) is 6.92 Å². The van der Waals surface area contributed by atoms with Crippen LogP contribution in [0.5, 0.6) is 0 Å². The molecule has 98 valence electrons. The minimum Gasteiger partial charge on any atom is -0.478 e. The highest BCUT2D eigenvalue weighted by molar-refractivity contribution is 6.33. The molecule has 4 N–H and O–H groups in total. The molecule has 0 heterocycles. The summed E-state index contributed by atoms with van der Waals surface area (Å²) in [6, 6.07) is 10.1. The Labute approximate surface area is 115 Å². The van der Waals surface area contributed by atoms with E-state index in [2.05, 4.69) is 5.32 Å². The van der Waals surface area contributed by atoms with Crippen molar-refractivity contribution in [3.05, 3.63) is 52.5 Å². The maximum Gasteiger partial charge on any atom is 0.337 e. The van der Waals surface area contributed by atoms with Gasteiger partial charge in [0.05, 0.1) is 22.0 Å². The van der Waals surface area contributed by atoms with Gasteiger partial charge in [-0.15, -0.1) is 0 Å². The van der Waals surface area contributed by atoms with Crippen molar-refractivity contribution in [1.29, 1.82) is 0 Å². The predicted octanol–water partition coefficient (Wildman–Crippen LogP) is 3.67. The van der Waals surface area contributed by atoms with Gasteiger partial charge < -0.3 is 16.2 Å². The molecule has 0 aliphatic heterocycles. The number of rotatable bonds is 3. The molecule has 0 bridgehead atoms. The number of carboxylic acid groups (broad SMARTS) is 1. The number of carbonyl (C=O) groups is 1.